The Hall–Kier alpha value is -0.910. The Bertz CT molecular complexity index is 525. The highest BCUT2D eigenvalue weighted by molar-refractivity contribution is 7.89. The van der Waals surface area contributed by atoms with Crippen molar-refractivity contribution in [2.75, 3.05) is 12.4 Å². The van der Waals surface area contributed by atoms with Crippen LogP contribution in [0.4, 0.5) is 0 Å². The standard InChI is InChI=1S/C14H21NO3S/c1-12-15(14(2,3)11-18-12)19(16,17)10-9-13-7-5-4-6-8-13/h4-8,12H,9-11H2,1-3H3. The number of sulfonamides is 1. The summed E-state index contributed by atoms with van der Waals surface area (Å²) in [6.45, 7) is 6.03. The third-order valence-corrected chi connectivity index (χ3v) is 5.51. The first-order chi connectivity index (χ1) is 8.83. The Kier molecular flexibility index (Phi) is 3.99. The van der Waals surface area contributed by atoms with E-state index in [1.165, 1.54) is 4.31 Å². The molecule has 4 nitrogen and oxygen atoms in total. The Morgan fingerprint density at radius 1 is 1.32 bits per heavy atom. The highest BCUT2D eigenvalue weighted by Gasteiger charge is 2.45. The van der Waals surface area contributed by atoms with Crippen molar-refractivity contribution in [2.45, 2.75) is 39.0 Å². The highest BCUT2D eigenvalue weighted by Crippen LogP contribution is 2.30. The number of hydrogen-bond acceptors (Lipinski definition) is 3. The van der Waals surface area contributed by atoms with Crippen LogP contribution in [0.3, 0.4) is 0 Å². The van der Waals surface area contributed by atoms with Gasteiger partial charge in [0, 0.05) is 0 Å². The molecule has 5 heteroatoms. The molecule has 1 aromatic rings. The third kappa shape index (κ3) is 3.16. The highest BCUT2D eigenvalue weighted by atomic mass is 32.2. The van der Waals surface area contributed by atoms with Crippen LogP contribution in [0, 0.1) is 0 Å². The molecule has 0 amide bonds. The fourth-order valence-corrected chi connectivity index (χ4v) is 4.55. The Labute approximate surface area is 115 Å². The molecule has 19 heavy (non-hydrogen) atoms. The minimum Gasteiger partial charge on any atom is -0.360 e. The van der Waals surface area contributed by atoms with E-state index in [1.807, 2.05) is 44.2 Å². The summed E-state index contributed by atoms with van der Waals surface area (Å²) in [6.07, 6.45) is 0.151. The van der Waals surface area contributed by atoms with E-state index in [0.717, 1.165) is 5.56 Å². The van der Waals surface area contributed by atoms with Crippen molar-refractivity contribution in [3.05, 3.63) is 35.9 Å². The van der Waals surface area contributed by atoms with Crippen molar-refractivity contribution < 1.29 is 13.2 Å². The molecule has 0 aromatic heterocycles. The van der Waals surface area contributed by atoms with Crippen molar-refractivity contribution in [3.63, 3.8) is 0 Å². The van der Waals surface area contributed by atoms with Crippen LogP contribution in [0.15, 0.2) is 30.3 Å². The van der Waals surface area contributed by atoms with Crippen LogP contribution >= 0.6 is 0 Å². The predicted molar refractivity (Wildman–Crippen MR) is 75.3 cm³/mol. The summed E-state index contributed by atoms with van der Waals surface area (Å²) in [7, 11) is -3.31. The number of nitrogens with zero attached hydrogens (tertiary/aromatic N) is 1. The first kappa shape index (κ1) is 14.5. The minimum absolute atomic E-state index is 0.119. The second kappa shape index (κ2) is 5.23. The van der Waals surface area contributed by atoms with Crippen molar-refractivity contribution in [2.24, 2.45) is 0 Å². The summed E-state index contributed by atoms with van der Waals surface area (Å²) in [5, 5.41) is 0. The van der Waals surface area contributed by atoms with Crippen LogP contribution in [0.25, 0.3) is 0 Å². The van der Waals surface area contributed by atoms with Gasteiger partial charge in [0.15, 0.2) is 0 Å². The Morgan fingerprint density at radius 3 is 2.47 bits per heavy atom. The minimum atomic E-state index is -3.31. The second-order valence-corrected chi connectivity index (χ2v) is 7.54. The fourth-order valence-electron chi connectivity index (χ4n) is 2.54. The average molecular weight is 283 g/mol. The Morgan fingerprint density at radius 2 is 1.95 bits per heavy atom. The number of benzene rings is 1. The summed E-state index contributed by atoms with van der Waals surface area (Å²) in [6, 6.07) is 9.67. The SMILES string of the molecule is CC1OCC(C)(C)N1S(=O)(=O)CCc1ccccc1. The molecule has 2 rings (SSSR count). The van der Waals surface area contributed by atoms with Crippen molar-refractivity contribution in [1.29, 1.82) is 0 Å². The van der Waals surface area contributed by atoms with Gasteiger partial charge in [-0.25, -0.2) is 8.42 Å². The van der Waals surface area contributed by atoms with Gasteiger partial charge >= 0.3 is 0 Å². The average Bonchev–Trinajstić information content (AvgIpc) is 2.63. The fraction of sp³-hybridized carbons (Fsp3) is 0.571. The van der Waals surface area contributed by atoms with Crippen LogP contribution in [0.5, 0.6) is 0 Å². The van der Waals surface area contributed by atoms with E-state index < -0.39 is 15.6 Å². The summed E-state index contributed by atoms with van der Waals surface area (Å²) < 4.78 is 31.9. The van der Waals surface area contributed by atoms with Crippen LogP contribution in [-0.2, 0) is 21.2 Å². The lowest BCUT2D eigenvalue weighted by Gasteiger charge is -2.30. The topological polar surface area (TPSA) is 46.6 Å². The monoisotopic (exact) mass is 283 g/mol. The van der Waals surface area contributed by atoms with Gasteiger partial charge in [-0.1, -0.05) is 30.3 Å². The van der Waals surface area contributed by atoms with E-state index in [9.17, 15) is 8.42 Å². The van der Waals surface area contributed by atoms with Gasteiger partial charge in [-0.05, 0) is 32.8 Å². The number of hydrogen-bond donors (Lipinski definition) is 0. The van der Waals surface area contributed by atoms with E-state index in [2.05, 4.69) is 0 Å². The molecule has 1 aromatic carbocycles. The van der Waals surface area contributed by atoms with Crippen molar-refractivity contribution in [3.8, 4) is 0 Å². The normalized spacial score (nSPS) is 23.6. The zero-order chi connectivity index (χ0) is 14.1. The van der Waals surface area contributed by atoms with E-state index in [1.54, 1.807) is 6.92 Å². The maximum absolute atomic E-state index is 12.5. The number of rotatable bonds is 4. The van der Waals surface area contributed by atoms with Gasteiger partial charge in [-0.3, -0.25) is 0 Å². The first-order valence-corrected chi connectivity index (χ1v) is 8.12. The molecule has 0 bridgehead atoms. The molecule has 1 atom stereocenters. The molecule has 0 spiro atoms. The molecule has 0 saturated carbocycles. The molecule has 0 aliphatic carbocycles. The summed E-state index contributed by atoms with van der Waals surface area (Å²) in [5.41, 5.74) is 0.575. The van der Waals surface area contributed by atoms with E-state index in [-0.39, 0.29) is 12.0 Å². The quantitative estimate of drug-likeness (QED) is 0.849. The van der Waals surface area contributed by atoms with Crippen LogP contribution in [0.1, 0.15) is 26.3 Å². The third-order valence-electron chi connectivity index (χ3n) is 3.40. The molecule has 1 aliphatic rings. The molecule has 1 heterocycles. The summed E-state index contributed by atoms with van der Waals surface area (Å²) >= 11 is 0. The smallest absolute Gasteiger partial charge is 0.217 e. The van der Waals surface area contributed by atoms with Crippen molar-refractivity contribution >= 4 is 10.0 Å². The Balaban J connectivity index is 2.10. The molecule has 1 aliphatic heterocycles. The predicted octanol–water partition coefficient (Wildman–Crippen LogP) is 2.02. The van der Waals surface area contributed by atoms with Gasteiger partial charge in [0.25, 0.3) is 0 Å². The van der Waals surface area contributed by atoms with E-state index in [0.29, 0.717) is 13.0 Å². The van der Waals surface area contributed by atoms with Gasteiger partial charge < -0.3 is 4.74 Å². The lowest BCUT2D eigenvalue weighted by molar-refractivity contribution is 0.0843. The molecule has 0 radical (unpaired) electrons. The summed E-state index contributed by atoms with van der Waals surface area (Å²) in [4.78, 5) is 0. The van der Waals surface area contributed by atoms with Crippen LogP contribution < -0.4 is 0 Å². The molecule has 106 valence electrons. The molecular formula is C14H21NO3S. The van der Waals surface area contributed by atoms with E-state index >= 15 is 0 Å². The molecule has 1 fully saturated rings. The maximum atomic E-state index is 12.5. The largest absolute Gasteiger partial charge is 0.360 e. The number of aryl methyl sites for hydroxylation is 1. The lowest BCUT2D eigenvalue weighted by atomic mass is 10.1. The van der Waals surface area contributed by atoms with Gasteiger partial charge in [-0.2, -0.15) is 4.31 Å². The lowest BCUT2D eigenvalue weighted by Crippen LogP contribution is -2.48. The maximum Gasteiger partial charge on any atom is 0.217 e. The summed E-state index contributed by atoms with van der Waals surface area (Å²) in [5.74, 6) is 0.119. The zero-order valence-corrected chi connectivity index (χ0v) is 12.5. The number of ether oxygens (including phenoxy) is 1. The van der Waals surface area contributed by atoms with Gasteiger partial charge in [-0.15, -0.1) is 0 Å². The van der Waals surface area contributed by atoms with Crippen molar-refractivity contribution in [1.82, 2.24) is 4.31 Å². The molecule has 0 N–H and O–H groups in total. The van der Waals surface area contributed by atoms with Gasteiger partial charge in [0.05, 0.1) is 17.9 Å². The van der Waals surface area contributed by atoms with Gasteiger partial charge in [0.2, 0.25) is 10.0 Å². The molecule has 1 saturated heterocycles. The van der Waals surface area contributed by atoms with E-state index in [4.69, 9.17) is 4.74 Å². The second-order valence-electron chi connectivity index (χ2n) is 5.57. The molecular weight excluding hydrogens is 262 g/mol. The van der Waals surface area contributed by atoms with Crippen LogP contribution in [0.2, 0.25) is 0 Å². The zero-order valence-electron chi connectivity index (χ0n) is 11.7. The van der Waals surface area contributed by atoms with Crippen LogP contribution in [-0.4, -0.2) is 36.8 Å². The molecule has 1 unspecified atom stereocenters. The van der Waals surface area contributed by atoms with Gasteiger partial charge in [0.1, 0.15) is 6.23 Å². The first-order valence-electron chi connectivity index (χ1n) is 6.51.